The Bertz CT molecular complexity index is 521. The fourth-order valence-electron chi connectivity index (χ4n) is 2.68. The molecular weight excluding hydrogens is 241 g/mol. The van der Waals surface area contributed by atoms with Crippen molar-refractivity contribution < 1.29 is 4.39 Å². The molecule has 0 bridgehead atoms. The van der Waals surface area contributed by atoms with E-state index in [1.54, 1.807) is 12.1 Å². The second-order valence-electron chi connectivity index (χ2n) is 4.89. The topological polar surface area (TPSA) is 50.8 Å². The van der Waals surface area contributed by atoms with Gasteiger partial charge in [-0.25, -0.2) is 4.39 Å². The van der Waals surface area contributed by atoms with Crippen molar-refractivity contribution in [2.75, 3.05) is 6.54 Å². The third kappa shape index (κ3) is 3.10. The van der Waals surface area contributed by atoms with Gasteiger partial charge >= 0.3 is 0 Å². The molecular formula is C15H16FN3. The Morgan fingerprint density at radius 3 is 2.63 bits per heavy atom. The van der Waals surface area contributed by atoms with Gasteiger partial charge in [-0.2, -0.15) is 10.5 Å². The minimum Gasteiger partial charge on any atom is -0.283 e. The molecule has 0 radical (unpaired) electrons. The standard InChI is InChI=1S/C15H16FN3/c16-15-12(10-18)4-3-5-13(15)11-19(9-8-17)14-6-1-2-7-14/h3-5,14H,1-2,6-7,9,11H2. The van der Waals surface area contributed by atoms with Gasteiger partial charge in [-0.1, -0.05) is 25.0 Å². The fourth-order valence-corrected chi connectivity index (χ4v) is 2.68. The van der Waals surface area contributed by atoms with Gasteiger partial charge in [0.15, 0.2) is 0 Å². The quantitative estimate of drug-likeness (QED) is 0.779. The minimum atomic E-state index is -0.453. The zero-order valence-electron chi connectivity index (χ0n) is 10.8. The summed E-state index contributed by atoms with van der Waals surface area (Å²) in [5, 5.41) is 17.7. The van der Waals surface area contributed by atoms with Crippen LogP contribution >= 0.6 is 0 Å². The first kappa shape index (κ1) is 13.5. The smallest absolute Gasteiger partial charge is 0.145 e. The average Bonchev–Trinajstić information content (AvgIpc) is 2.94. The van der Waals surface area contributed by atoms with Crippen molar-refractivity contribution in [1.29, 1.82) is 10.5 Å². The number of rotatable bonds is 4. The van der Waals surface area contributed by atoms with E-state index in [-0.39, 0.29) is 5.56 Å². The van der Waals surface area contributed by atoms with Gasteiger partial charge in [-0.05, 0) is 18.9 Å². The maximum Gasteiger partial charge on any atom is 0.145 e. The van der Waals surface area contributed by atoms with Gasteiger partial charge in [0.05, 0.1) is 18.2 Å². The van der Waals surface area contributed by atoms with E-state index in [0.717, 1.165) is 12.8 Å². The number of halogens is 1. The summed E-state index contributed by atoms with van der Waals surface area (Å²) in [5.41, 5.74) is 0.571. The second kappa shape index (κ2) is 6.31. The Morgan fingerprint density at radius 1 is 1.26 bits per heavy atom. The third-order valence-electron chi connectivity index (χ3n) is 3.69. The van der Waals surface area contributed by atoms with Crippen LogP contribution in [-0.2, 0) is 6.54 Å². The summed E-state index contributed by atoms with van der Waals surface area (Å²) in [5.74, 6) is -0.453. The van der Waals surface area contributed by atoms with Gasteiger partial charge in [0, 0.05) is 18.2 Å². The number of hydrogen-bond acceptors (Lipinski definition) is 3. The lowest BCUT2D eigenvalue weighted by atomic mass is 10.1. The van der Waals surface area contributed by atoms with Crippen molar-refractivity contribution in [2.24, 2.45) is 0 Å². The Labute approximate surface area is 112 Å². The van der Waals surface area contributed by atoms with Gasteiger partial charge in [-0.15, -0.1) is 0 Å². The van der Waals surface area contributed by atoms with Crippen LogP contribution in [0.4, 0.5) is 4.39 Å². The van der Waals surface area contributed by atoms with Gasteiger partial charge in [0.25, 0.3) is 0 Å². The zero-order valence-corrected chi connectivity index (χ0v) is 10.8. The molecule has 0 heterocycles. The average molecular weight is 257 g/mol. The summed E-state index contributed by atoms with van der Waals surface area (Å²) >= 11 is 0. The molecule has 0 aliphatic heterocycles. The molecule has 0 spiro atoms. The minimum absolute atomic E-state index is 0.0702. The summed E-state index contributed by atoms with van der Waals surface area (Å²) in [6.07, 6.45) is 4.49. The van der Waals surface area contributed by atoms with E-state index in [0.29, 0.717) is 24.7 Å². The summed E-state index contributed by atoms with van der Waals surface area (Å²) in [6, 6.07) is 9.22. The number of benzene rings is 1. The van der Waals surface area contributed by atoms with Gasteiger partial charge < -0.3 is 0 Å². The van der Waals surface area contributed by atoms with Crippen LogP contribution in [0, 0.1) is 28.5 Å². The Kier molecular flexibility index (Phi) is 4.49. The predicted octanol–water partition coefficient (Wildman–Crippen LogP) is 2.97. The lowest BCUT2D eigenvalue weighted by Gasteiger charge is -2.26. The van der Waals surface area contributed by atoms with E-state index in [1.807, 2.05) is 11.0 Å². The van der Waals surface area contributed by atoms with Crippen molar-refractivity contribution in [3.8, 4) is 12.1 Å². The molecule has 19 heavy (non-hydrogen) atoms. The highest BCUT2D eigenvalue weighted by Crippen LogP contribution is 2.25. The molecule has 1 aliphatic rings. The lowest BCUT2D eigenvalue weighted by Crippen LogP contribution is -2.33. The number of hydrogen-bond donors (Lipinski definition) is 0. The first-order chi connectivity index (χ1) is 9.26. The van der Waals surface area contributed by atoms with E-state index in [1.165, 1.54) is 18.9 Å². The predicted molar refractivity (Wildman–Crippen MR) is 69.4 cm³/mol. The van der Waals surface area contributed by atoms with Crippen molar-refractivity contribution in [2.45, 2.75) is 38.3 Å². The molecule has 4 heteroatoms. The molecule has 0 N–H and O–H groups in total. The third-order valence-corrected chi connectivity index (χ3v) is 3.69. The van der Waals surface area contributed by atoms with Crippen LogP contribution in [0.3, 0.4) is 0 Å². The maximum atomic E-state index is 14.0. The van der Waals surface area contributed by atoms with Crippen molar-refractivity contribution in [1.82, 2.24) is 4.90 Å². The monoisotopic (exact) mass is 257 g/mol. The first-order valence-electron chi connectivity index (χ1n) is 6.54. The van der Waals surface area contributed by atoms with E-state index in [9.17, 15) is 4.39 Å². The number of nitrogens with zero attached hydrogens (tertiary/aromatic N) is 3. The normalized spacial score (nSPS) is 15.4. The van der Waals surface area contributed by atoms with Crippen LogP contribution in [0.5, 0.6) is 0 Å². The SMILES string of the molecule is N#CCN(Cc1cccc(C#N)c1F)C1CCCC1. The van der Waals surface area contributed by atoms with Crippen LogP contribution in [0.25, 0.3) is 0 Å². The molecule has 1 aromatic carbocycles. The summed E-state index contributed by atoms with van der Waals surface area (Å²) in [4.78, 5) is 2.02. The van der Waals surface area contributed by atoms with E-state index in [4.69, 9.17) is 10.5 Å². The highest BCUT2D eigenvalue weighted by Gasteiger charge is 2.23. The summed E-state index contributed by atoms with van der Waals surface area (Å²) in [7, 11) is 0. The van der Waals surface area contributed by atoms with Crippen LogP contribution < -0.4 is 0 Å². The van der Waals surface area contributed by atoms with Crippen LogP contribution in [0.15, 0.2) is 18.2 Å². The van der Waals surface area contributed by atoms with E-state index in [2.05, 4.69) is 6.07 Å². The molecule has 0 aromatic heterocycles. The lowest BCUT2D eigenvalue weighted by molar-refractivity contribution is 0.211. The summed E-state index contributed by atoms with van der Waals surface area (Å²) < 4.78 is 14.0. The van der Waals surface area contributed by atoms with Crippen molar-refractivity contribution in [3.05, 3.63) is 35.1 Å². The molecule has 0 unspecified atom stereocenters. The zero-order chi connectivity index (χ0) is 13.7. The Balaban J connectivity index is 2.17. The molecule has 0 atom stereocenters. The van der Waals surface area contributed by atoms with Gasteiger partial charge in [0.1, 0.15) is 11.9 Å². The molecule has 1 fully saturated rings. The molecule has 1 saturated carbocycles. The van der Waals surface area contributed by atoms with Crippen molar-refractivity contribution >= 4 is 0 Å². The Morgan fingerprint density at radius 2 is 2.00 bits per heavy atom. The van der Waals surface area contributed by atoms with Crippen LogP contribution in [0.1, 0.15) is 36.8 Å². The molecule has 98 valence electrons. The van der Waals surface area contributed by atoms with Crippen LogP contribution in [0.2, 0.25) is 0 Å². The van der Waals surface area contributed by atoms with E-state index >= 15 is 0 Å². The highest BCUT2D eigenvalue weighted by atomic mass is 19.1. The highest BCUT2D eigenvalue weighted by molar-refractivity contribution is 5.35. The van der Waals surface area contributed by atoms with Crippen LogP contribution in [-0.4, -0.2) is 17.5 Å². The fraction of sp³-hybridized carbons (Fsp3) is 0.467. The molecule has 1 aliphatic carbocycles. The van der Waals surface area contributed by atoms with Gasteiger partial charge in [0.2, 0.25) is 0 Å². The molecule has 0 amide bonds. The largest absolute Gasteiger partial charge is 0.283 e. The summed E-state index contributed by atoms with van der Waals surface area (Å²) in [6.45, 7) is 0.709. The van der Waals surface area contributed by atoms with Gasteiger partial charge in [-0.3, -0.25) is 4.90 Å². The molecule has 3 nitrogen and oxygen atoms in total. The number of nitriles is 2. The molecule has 0 saturated heterocycles. The second-order valence-corrected chi connectivity index (χ2v) is 4.89. The maximum absolute atomic E-state index is 14.0. The van der Waals surface area contributed by atoms with Crippen molar-refractivity contribution in [3.63, 3.8) is 0 Å². The Hall–Kier alpha value is -1.91. The van der Waals surface area contributed by atoms with E-state index < -0.39 is 5.82 Å². The molecule has 1 aromatic rings. The first-order valence-corrected chi connectivity index (χ1v) is 6.54. The molecule has 2 rings (SSSR count).